The molecule has 0 bridgehead atoms. The fourth-order valence-corrected chi connectivity index (χ4v) is 3.66. The van der Waals surface area contributed by atoms with Gasteiger partial charge in [-0.25, -0.2) is 0 Å². The van der Waals surface area contributed by atoms with Crippen molar-refractivity contribution in [2.24, 2.45) is 0 Å². The summed E-state index contributed by atoms with van der Waals surface area (Å²) in [5.74, 6) is -0.685. The number of hydrogen-bond donors (Lipinski definition) is 1. The van der Waals surface area contributed by atoms with Gasteiger partial charge in [-0.05, 0) is 55.2 Å². The molecule has 2 aromatic carbocycles. The van der Waals surface area contributed by atoms with E-state index in [1.54, 1.807) is 29.2 Å². The number of aliphatic hydroxyl groups excluding tert-OH is 1. The molecular formula is C24H27NO4. The molecule has 1 saturated heterocycles. The first-order valence-electron chi connectivity index (χ1n) is 10.1. The molecule has 1 atom stereocenters. The van der Waals surface area contributed by atoms with Gasteiger partial charge in [0, 0.05) is 12.1 Å². The Morgan fingerprint density at radius 1 is 1.00 bits per heavy atom. The summed E-state index contributed by atoms with van der Waals surface area (Å²) in [6.45, 7) is 6.92. The molecule has 0 spiro atoms. The lowest BCUT2D eigenvalue weighted by molar-refractivity contribution is -0.139. The lowest BCUT2D eigenvalue weighted by Crippen LogP contribution is -2.30. The molecule has 1 aliphatic heterocycles. The quantitative estimate of drug-likeness (QED) is 0.428. The van der Waals surface area contributed by atoms with E-state index in [9.17, 15) is 14.7 Å². The van der Waals surface area contributed by atoms with Crippen LogP contribution < -0.4 is 4.74 Å². The van der Waals surface area contributed by atoms with Gasteiger partial charge in [-0.2, -0.15) is 0 Å². The first kappa shape index (κ1) is 20.6. The Hall–Kier alpha value is -3.08. The van der Waals surface area contributed by atoms with Crippen LogP contribution in [0.5, 0.6) is 5.75 Å². The second-order valence-electron chi connectivity index (χ2n) is 7.05. The van der Waals surface area contributed by atoms with Crippen LogP contribution in [0.1, 0.15) is 49.9 Å². The average molecular weight is 393 g/mol. The van der Waals surface area contributed by atoms with Gasteiger partial charge in [-0.15, -0.1) is 0 Å². The highest BCUT2D eigenvalue weighted by Crippen LogP contribution is 2.39. The maximum Gasteiger partial charge on any atom is 0.295 e. The van der Waals surface area contributed by atoms with Crippen molar-refractivity contribution >= 4 is 17.4 Å². The molecule has 0 saturated carbocycles. The van der Waals surface area contributed by atoms with E-state index in [0.29, 0.717) is 24.5 Å². The smallest absolute Gasteiger partial charge is 0.295 e. The Balaban J connectivity index is 2.09. The number of ketones is 1. The average Bonchev–Trinajstić information content (AvgIpc) is 2.99. The summed E-state index contributed by atoms with van der Waals surface area (Å²) in [7, 11) is 0. The summed E-state index contributed by atoms with van der Waals surface area (Å²) in [5, 5.41) is 11.0. The van der Waals surface area contributed by atoms with Crippen molar-refractivity contribution in [3.63, 3.8) is 0 Å². The molecular weight excluding hydrogens is 366 g/mol. The number of carbonyl (C=O) groups excluding carboxylic acids is 2. The van der Waals surface area contributed by atoms with Crippen LogP contribution in [0.15, 0.2) is 54.1 Å². The van der Waals surface area contributed by atoms with Crippen LogP contribution in [0.2, 0.25) is 0 Å². The molecule has 2 aromatic rings. The number of ether oxygens (including phenoxy) is 1. The number of hydrogen-bond acceptors (Lipinski definition) is 4. The molecule has 1 aliphatic rings. The third-order valence-electron chi connectivity index (χ3n) is 5.15. The molecule has 0 aromatic heterocycles. The van der Waals surface area contributed by atoms with Gasteiger partial charge in [-0.3, -0.25) is 9.59 Å². The molecule has 1 unspecified atom stereocenters. The molecule has 3 rings (SSSR count). The van der Waals surface area contributed by atoms with Crippen molar-refractivity contribution in [3.05, 3.63) is 70.8 Å². The third-order valence-corrected chi connectivity index (χ3v) is 5.15. The number of carbonyl (C=O) groups is 2. The summed E-state index contributed by atoms with van der Waals surface area (Å²) in [4.78, 5) is 27.1. The zero-order chi connectivity index (χ0) is 21.0. The summed E-state index contributed by atoms with van der Waals surface area (Å²) in [6, 6.07) is 14.2. The summed E-state index contributed by atoms with van der Waals surface area (Å²) < 4.78 is 5.44. The molecule has 0 radical (unpaired) electrons. The van der Waals surface area contributed by atoms with E-state index in [2.05, 4.69) is 6.92 Å². The lowest BCUT2D eigenvalue weighted by atomic mass is 9.94. The van der Waals surface area contributed by atoms with E-state index in [1.165, 1.54) is 5.56 Å². The topological polar surface area (TPSA) is 66.8 Å². The molecule has 0 aliphatic carbocycles. The highest BCUT2D eigenvalue weighted by molar-refractivity contribution is 6.46. The fraction of sp³-hybridized carbons (Fsp3) is 0.333. The standard InChI is InChI=1S/C24H27NO4/c1-4-15-25-21(17-9-7-16(5-2)8-10-17)20(23(27)24(25)28)22(26)18-11-13-19(14-12-18)29-6-3/h7-14,21,26H,4-6,15H2,1-3H3/b22-20-. The lowest BCUT2D eigenvalue weighted by Gasteiger charge is -2.25. The predicted molar refractivity (Wildman–Crippen MR) is 113 cm³/mol. The molecule has 5 heteroatoms. The van der Waals surface area contributed by atoms with Gasteiger partial charge in [0.2, 0.25) is 0 Å². The number of benzene rings is 2. The van der Waals surface area contributed by atoms with E-state index in [0.717, 1.165) is 18.4 Å². The summed E-state index contributed by atoms with van der Waals surface area (Å²) in [5.41, 5.74) is 2.62. The number of aliphatic hydroxyl groups is 1. The van der Waals surface area contributed by atoms with Crippen molar-refractivity contribution in [3.8, 4) is 5.75 Å². The Morgan fingerprint density at radius 3 is 2.21 bits per heavy atom. The van der Waals surface area contributed by atoms with Crippen LogP contribution in [-0.4, -0.2) is 34.8 Å². The van der Waals surface area contributed by atoms with E-state index in [4.69, 9.17) is 4.74 Å². The minimum absolute atomic E-state index is 0.136. The second kappa shape index (κ2) is 8.95. The maximum absolute atomic E-state index is 12.8. The van der Waals surface area contributed by atoms with Gasteiger partial charge in [0.25, 0.3) is 11.7 Å². The summed E-state index contributed by atoms with van der Waals surface area (Å²) in [6.07, 6.45) is 1.63. The molecule has 1 fully saturated rings. The Morgan fingerprint density at radius 2 is 1.66 bits per heavy atom. The van der Waals surface area contributed by atoms with Crippen LogP contribution in [-0.2, 0) is 16.0 Å². The van der Waals surface area contributed by atoms with Gasteiger partial charge in [-0.1, -0.05) is 38.1 Å². The zero-order valence-electron chi connectivity index (χ0n) is 17.1. The third kappa shape index (κ3) is 4.04. The molecule has 1 heterocycles. The number of aryl methyl sites for hydroxylation is 1. The summed E-state index contributed by atoms with van der Waals surface area (Å²) >= 11 is 0. The van der Waals surface area contributed by atoms with Crippen molar-refractivity contribution in [1.82, 2.24) is 4.90 Å². The van der Waals surface area contributed by atoms with E-state index in [1.807, 2.05) is 38.1 Å². The van der Waals surface area contributed by atoms with Gasteiger partial charge in [0.05, 0.1) is 18.2 Å². The predicted octanol–water partition coefficient (Wildman–Crippen LogP) is 4.48. The minimum atomic E-state index is -0.644. The number of nitrogens with zero attached hydrogens (tertiary/aromatic N) is 1. The van der Waals surface area contributed by atoms with Gasteiger partial charge in [0.15, 0.2) is 0 Å². The van der Waals surface area contributed by atoms with Crippen molar-refractivity contribution in [2.45, 2.75) is 39.7 Å². The number of rotatable bonds is 7. The number of amides is 1. The highest BCUT2D eigenvalue weighted by atomic mass is 16.5. The normalized spacial score (nSPS) is 18.3. The van der Waals surface area contributed by atoms with Crippen LogP contribution in [0.4, 0.5) is 0 Å². The van der Waals surface area contributed by atoms with E-state index < -0.39 is 17.7 Å². The molecule has 5 nitrogen and oxygen atoms in total. The van der Waals surface area contributed by atoms with Crippen LogP contribution >= 0.6 is 0 Å². The van der Waals surface area contributed by atoms with Gasteiger partial charge in [0.1, 0.15) is 11.5 Å². The number of Topliss-reactive ketones (excluding diaryl/α,β-unsaturated/α-hetero) is 1. The van der Waals surface area contributed by atoms with Crippen molar-refractivity contribution < 1.29 is 19.4 Å². The largest absolute Gasteiger partial charge is 0.507 e. The second-order valence-corrected chi connectivity index (χ2v) is 7.05. The first-order valence-corrected chi connectivity index (χ1v) is 10.1. The molecule has 29 heavy (non-hydrogen) atoms. The SMILES string of the molecule is CCCN1C(=O)C(=O)/C(=C(\O)c2ccc(OCC)cc2)C1c1ccc(CC)cc1. The molecule has 1 N–H and O–H groups in total. The minimum Gasteiger partial charge on any atom is -0.507 e. The van der Waals surface area contributed by atoms with E-state index in [-0.39, 0.29) is 11.3 Å². The fourth-order valence-electron chi connectivity index (χ4n) is 3.66. The van der Waals surface area contributed by atoms with Crippen LogP contribution in [0, 0.1) is 0 Å². The van der Waals surface area contributed by atoms with Gasteiger partial charge >= 0.3 is 0 Å². The maximum atomic E-state index is 12.8. The first-order chi connectivity index (χ1) is 14.0. The molecule has 152 valence electrons. The van der Waals surface area contributed by atoms with Crippen LogP contribution in [0.25, 0.3) is 5.76 Å². The van der Waals surface area contributed by atoms with Crippen molar-refractivity contribution in [1.29, 1.82) is 0 Å². The molecule has 1 amide bonds. The highest BCUT2D eigenvalue weighted by Gasteiger charge is 2.45. The monoisotopic (exact) mass is 393 g/mol. The number of likely N-dealkylation sites (tertiary alicyclic amines) is 1. The van der Waals surface area contributed by atoms with Crippen molar-refractivity contribution in [2.75, 3.05) is 13.2 Å². The Bertz CT molecular complexity index is 913. The van der Waals surface area contributed by atoms with Crippen LogP contribution in [0.3, 0.4) is 0 Å². The van der Waals surface area contributed by atoms with Gasteiger partial charge < -0.3 is 14.7 Å². The Kier molecular flexibility index (Phi) is 6.37. The zero-order valence-corrected chi connectivity index (χ0v) is 17.1. The van der Waals surface area contributed by atoms with E-state index >= 15 is 0 Å². The Labute approximate surface area is 171 Å².